The summed E-state index contributed by atoms with van der Waals surface area (Å²) in [6.45, 7) is 13.5. The fourth-order valence-corrected chi connectivity index (χ4v) is 4.63. The molecule has 1 rings (SSSR count). The lowest BCUT2D eigenvalue weighted by Gasteiger charge is -2.31. The Kier molecular flexibility index (Phi) is 8.58. The predicted octanol–water partition coefficient (Wildman–Crippen LogP) is 6.27. The molecule has 0 aromatic rings. The van der Waals surface area contributed by atoms with Crippen molar-refractivity contribution in [2.45, 2.75) is 96.6 Å². The Morgan fingerprint density at radius 3 is 2.38 bits per heavy atom. The first-order valence-corrected chi connectivity index (χ1v) is 12.5. The molecule has 1 fully saturated rings. The fraction of sp³-hybridized carbons (Fsp3) is 0.789. The van der Waals surface area contributed by atoms with E-state index in [2.05, 4.69) is 38.8 Å². The standard InChI is InChI=1S/C19H36OSi/c1-6-8-9-10-11-12-13-19-15-17(16-21(3,4)5)14-18(7-2)20-19/h7,16,18-19H,2,6,8-15H2,1,3-5H3/b17-16-/t18-,19+/m0/s1. The molecule has 1 nitrogen and oxygen atoms in total. The maximum atomic E-state index is 6.16. The molecule has 0 N–H and O–H groups in total. The van der Waals surface area contributed by atoms with Crippen molar-refractivity contribution in [1.82, 2.24) is 0 Å². The van der Waals surface area contributed by atoms with Crippen LogP contribution in [0, 0.1) is 0 Å². The van der Waals surface area contributed by atoms with Crippen molar-refractivity contribution in [3.8, 4) is 0 Å². The molecule has 1 aliphatic rings. The second kappa shape index (κ2) is 9.63. The Balaban J connectivity index is 2.39. The summed E-state index contributed by atoms with van der Waals surface area (Å²) >= 11 is 0. The number of hydrogen-bond donors (Lipinski definition) is 0. The lowest BCUT2D eigenvalue weighted by Crippen LogP contribution is -2.29. The normalized spacial score (nSPS) is 25.2. The van der Waals surface area contributed by atoms with Crippen molar-refractivity contribution < 1.29 is 4.74 Å². The molecule has 0 aromatic carbocycles. The lowest BCUT2D eigenvalue weighted by molar-refractivity contribution is -0.0111. The first-order valence-electron chi connectivity index (χ1n) is 8.93. The SMILES string of the molecule is C=C[C@H]1C/C(=C/[Si](C)(C)C)C[C@@H](CCCCCCCC)O1. The molecule has 1 heterocycles. The molecule has 1 saturated heterocycles. The van der Waals surface area contributed by atoms with Crippen LogP contribution in [0.2, 0.25) is 19.6 Å². The zero-order chi connectivity index (χ0) is 15.7. The van der Waals surface area contributed by atoms with Crippen LogP contribution in [-0.4, -0.2) is 20.3 Å². The second-order valence-electron chi connectivity index (χ2n) is 7.67. The zero-order valence-corrected chi connectivity index (χ0v) is 15.8. The van der Waals surface area contributed by atoms with Gasteiger partial charge in [-0.05, 0) is 19.3 Å². The van der Waals surface area contributed by atoms with E-state index in [9.17, 15) is 0 Å². The van der Waals surface area contributed by atoms with E-state index in [0.717, 1.165) is 12.8 Å². The Bertz CT molecular complexity index is 327. The third-order valence-electron chi connectivity index (χ3n) is 4.10. The van der Waals surface area contributed by atoms with Gasteiger partial charge < -0.3 is 4.74 Å². The highest BCUT2D eigenvalue weighted by molar-refractivity contribution is 6.81. The molecule has 2 atom stereocenters. The molecule has 0 unspecified atom stereocenters. The minimum atomic E-state index is -1.12. The highest BCUT2D eigenvalue weighted by atomic mass is 28.3. The average Bonchev–Trinajstić information content (AvgIpc) is 2.40. The number of hydrogen-bond acceptors (Lipinski definition) is 1. The number of rotatable bonds is 9. The van der Waals surface area contributed by atoms with E-state index < -0.39 is 8.07 Å². The smallest absolute Gasteiger partial charge is 0.0794 e. The third kappa shape index (κ3) is 8.62. The van der Waals surface area contributed by atoms with Crippen molar-refractivity contribution in [3.63, 3.8) is 0 Å². The second-order valence-corrected chi connectivity index (χ2v) is 12.7. The van der Waals surface area contributed by atoms with E-state index in [0.29, 0.717) is 6.10 Å². The molecular weight excluding hydrogens is 272 g/mol. The summed E-state index contributed by atoms with van der Waals surface area (Å²) in [5.74, 6) is 0. The van der Waals surface area contributed by atoms with Crippen molar-refractivity contribution in [2.24, 2.45) is 0 Å². The molecule has 0 saturated carbocycles. The van der Waals surface area contributed by atoms with Crippen molar-refractivity contribution in [1.29, 1.82) is 0 Å². The Morgan fingerprint density at radius 2 is 1.76 bits per heavy atom. The monoisotopic (exact) mass is 308 g/mol. The van der Waals surface area contributed by atoms with Crippen LogP contribution >= 0.6 is 0 Å². The highest BCUT2D eigenvalue weighted by Gasteiger charge is 2.24. The summed E-state index contributed by atoms with van der Waals surface area (Å²) in [7, 11) is -1.12. The van der Waals surface area contributed by atoms with Crippen molar-refractivity contribution >= 4 is 8.07 Å². The minimum absolute atomic E-state index is 0.242. The van der Waals surface area contributed by atoms with Crippen LogP contribution in [0.5, 0.6) is 0 Å². The molecule has 1 aliphatic heterocycles. The largest absolute Gasteiger partial charge is 0.370 e. The van der Waals surface area contributed by atoms with Gasteiger partial charge in [-0.1, -0.05) is 82.4 Å². The van der Waals surface area contributed by atoms with E-state index in [1.165, 1.54) is 44.9 Å². The average molecular weight is 309 g/mol. The fourth-order valence-electron chi connectivity index (χ4n) is 3.17. The van der Waals surface area contributed by atoms with E-state index in [-0.39, 0.29) is 6.10 Å². The van der Waals surface area contributed by atoms with Gasteiger partial charge in [0, 0.05) is 0 Å². The van der Waals surface area contributed by atoms with Gasteiger partial charge in [-0.25, -0.2) is 0 Å². The molecule has 122 valence electrons. The molecule has 0 amide bonds. The van der Waals surface area contributed by atoms with E-state index in [1.54, 1.807) is 5.57 Å². The summed E-state index contributed by atoms with van der Waals surface area (Å²) in [5, 5.41) is 0. The topological polar surface area (TPSA) is 9.23 Å². The van der Waals surface area contributed by atoms with Crippen LogP contribution in [-0.2, 0) is 4.74 Å². The maximum absolute atomic E-state index is 6.16. The minimum Gasteiger partial charge on any atom is -0.370 e. The summed E-state index contributed by atoms with van der Waals surface area (Å²) < 4.78 is 6.16. The lowest BCUT2D eigenvalue weighted by atomic mass is 9.95. The summed E-state index contributed by atoms with van der Waals surface area (Å²) in [6.07, 6.45) is 14.3. The van der Waals surface area contributed by atoms with Crippen LogP contribution in [0.15, 0.2) is 23.9 Å². The van der Waals surface area contributed by atoms with Crippen molar-refractivity contribution in [3.05, 3.63) is 23.9 Å². The molecule has 0 aromatic heterocycles. The Hall–Kier alpha value is -0.343. The van der Waals surface area contributed by atoms with Gasteiger partial charge in [0.15, 0.2) is 0 Å². The molecule has 21 heavy (non-hydrogen) atoms. The van der Waals surface area contributed by atoms with Gasteiger partial charge >= 0.3 is 0 Å². The van der Waals surface area contributed by atoms with Crippen LogP contribution in [0.25, 0.3) is 0 Å². The van der Waals surface area contributed by atoms with Crippen LogP contribution in [0.1, 0.15) is 64.7 Å². The third-order valence-corrected chi connectivity index (χ3v) is 5.37. The van der Waals surface area contributed by atoms with E-state index in [4.69, 9.17) is 4.74 Å². The van der Waals surface area contributed by atoms with Gasteiger partial charge in [0.25, 0.3) is 0 Å². The maximum Gasteiger partial charge on any atom is 0.0794 e. The number of ether oxygens (including phenoxy) is 1. The summed E-state index contributed by atoms with van der Waals surface area (Å²) in [5.41, 5.74) is 4.21. The molecular formula is C19H36OSi. The van der Waals surface area contributed by atoms with Gasteiger partial charge in [0.05, 0.1) is 20.3 Å². The summed E-state index contributed by atoms with van der Waals surface area (Å²) in [4.78, 5) is 0. The molecule has 0 spiro atoms. The van der Waals surface area contributed by atoms with E-state index in [1.807, 2.05) is 6.08 Å². The Labute approximate surface area is 133 Å². The van der Waals surface area contributed by atoms with Gasteiger partial charge in [-0.3, -0.25) is 0 Å². The van der Waals surface area contributed by atoms with E-state index >= 15 is 0 Å². The Morgan fingerprint density at radius 1 is 1.10 bits per heavy atom. The predicted molar refractivity (Wildman–Crippen MR) is 97.5 cm³/mol. The van der Waals surface area contributed by atoms with Crippen LogP contribution in [0.3, 0.4) is 0 Å². The molecule has 0 bridgehead atoms. The van der Waals surface area contributed by atoms with Gasteiger partial charge in [-0.15, -0.1) is 6.58 Å². The number of unbranched alkanes of at least 4 members (excludes halogenated alkanes) is 5. The highest BCUT2D eigenvalue weighted by Crippen LogP contribution is 2.29. The first-order chi connectivity index (χ1) is 9.94. The van der Waals surface area contributed by atoms with Gasteiger partial charge in [0.1, 0.15) is 0 Å². The van der Waals surface area contributed by atoms with Crippen LogP contribution < -0.4 is 0 Å². The van der Waals surface area contributed by atoms with Crippen molar-refractivity contribution in [2.75, 3.05) is 0 Å². The molecule has 2 heteroatoms. The quantitative estimate of drug-likeness (QED) is 0.277. The van der Waals surface area contributed by atoms with Gasteiger partial charge in [0.2, 0.25) is 0 Å². The first kappa shape index (κ1) is 18.7. The summed E-state index contributed by atoms with van der Waals surface area (Å²) in [6, 6.07) is 0. The van der Waals surface area contributed by atoms with Crippen LogP contribution in [0.4, 0.5) is 0 Å². The molecule has 0 radical (unpaired) electrons. The molecule has 0 aliphatic carbocycles. The zero-order valence-electron chi connectivity index (χ0n) is 14.8. The van der Waals surface area contributed by atoms with Gasteiger partial charge in [-0.2, -0.15) is 0 Å².